The number of nitriles is 1. The number of benzene rings is 1. The summed E-state index contributed by atoms with van der Waals surface area (Å²) in [4.78, 5) is 27.0. The van der Waals surface area contributed by atoms with Crippen molar-refractivity contribution >= 4 is 11.8 Å². The lowest BCUT2D eigenvalue weighted by Crippen LogP contribution is -2.54. The minimum Gasteiger partial charge on any atom is -0.369 e. The Morgan fingerprint density at radius 2 is 1.73 bits per heavy atom. The molecule has 2 amide bonds. The van der Waals surface area contributed by atoms with Gasteiger partial charge in [-0.1, -0.05) is 49.6 Å². The van der Waals surface area contributed by atoms with Gasteiger partial charge in [-0.15, -0.1) is 0 Å². The summed E-state index contributed by atoms with van der Waals surface area (Å²) in [6, 6.07) is 12.8. The first-order chi connectivity index (χ1) is 14.5. The Morgan fingerprint density at radius 3 is 2.33 bits per heavy atom. The first-order valence-corrected chi connectivity index (χ1v) is 11.3. The zero-order valence-electron chi connectivity index (χ0n) is 17.9. The quantitative estimate of drug-likeness (QED) is 0.688. The van der Waals surface area contributed by atoms with Crippen LogP contribution in [0.1, 0.15) is 63.4 Å². The molecule has 1 aliphatic carbocycles. The minimum atomic E-state index is -0.799. The standard InChI is InChI=1S/C24H34N4O2/c25-19-24(14-17-28(18-15-24)16-10-20-7-3-1-4-8-20)27-21(29)9-13-23(22(26)30)11-5-2-6-12-23/h1,3-4,7-8H,2,5-6,9-18H2,(H2,26,30)(H,27,29). The zero-order valence-corrected chi connectivity index (χ0v) is 17.9. The average Bonchev–Trinajstić information content (AvgIpc) is 2.78. The summed E-state index contributed by atoms with van der Waals surface area (Å²) >= 11 is 0. The number of amides is 2. The number of primary amides is 1. The van der Waals surface area contributed by atoms with E-state index in [9.17, 15) is 14.9 Å². The lowest BCUT2D eigenvalue weighted by Gasteiger charge is -2.38. The molecule has 1 aliphatic heterocycles. The van der Waals surface area contributed by atoms with Crippen molar-refractivity contribution in [2.45, 2.75) is 69.7 Å². The Balaban J connectivity index is 1.47. The van der Waals surface area contributed by atoms with E-state index in [1.54, 1.807) is 0 Å². The van der Waals surface area contributed by atoms with Crippen LogP contribution in [0.5, 0.6) is 0 Å². The van der Waals surface area contributed by atoms with Crippen molar-refractivity contribution in [1.29, 1.82) is 5.26 Å². The molecule has 2 aliphatic rings. The number of hydrogen-bond acceptors (Lipinski definition) is 4. The first kappa shape index (κ1) is 22.3. The van der Waals surface area contributed by atoms with Gasteiger partial charge in [-0.25, -0.2) is 0 Å². The van der Waals surface area contributed by atoms with Crippen molar-refractivity contribution < 1.29 is 9.59 Å². The fourth-order valence-electron chi connectivity index (χ4n) is 4.89. The molecule has 0 spiro atoms. The molecule has 6 heteroatoms. The number of likely N-dealkylation sites (tertiary alicyclic amines) is 1. The van der Waals surface area contributed by atoms with E-state index in [4.69, 9.17) is 5.73 Å². The second-order valence-electron chi connectivity index (χ2n) is 9.02. The molecule has 30 heavy (non-hydrogen) atoms. The zero-order chi connectivity index (χ0) is 21.5. The van der Waals surface area contributed by atoms with Gasteiger partial charge in [0.2, 0.25) is 11.8 Å². The monoisotopic (exact) mass is 410 g/mol. The lowest BCUT2D eigenvalue weighted by molar-refractivity contribution is -0.131. The van der Waals surface area contributed by atoms with Gasteiger partial charge in [-0.3, -0.25) is 9.59 Å². The molecule has 3 rings (SSSR count). The predicted octanol–water partition coefficient (Wildman–Crippen LogP) is 2.92. The van der Waals surface area contributed by atoms with Crippen molar-refractivity contribution in [1.82, 2.24) is 10.2 Å². The van der Waals surface area contributed by atoms with E-state index in [1.807, 2.05) is 6.07 Å². The maximum absolute atomic E-state index is 12.6. The Hall–Kier alpha value is -2.39. The molecule has 1 heterocycles. The maximum Gasteiger partial charge on any atom is 0.223 e. The number of rotatable bonds is 8. The van der Waals surface area contributed by atoms with Crippen molar-refractivity contribution in [2.24, 2.45) is 11.1 Å². The molecular weight excluding hydrogens is 376 g/mol. The van der Waals surface area contributed by atoms with Crippen LogP contribution in [0.3, 0.4) is 0 Å². The maximum atomic E-state index is 12.6. The molecular formula is C24H34N4O2. The summed E-state index contributed by atoms with van der Waals surface area (Å²) in [5.74, 6) is -0.419. The number of hydrogen-bond donors (Lipinski definition) is 2. The van der Waals surface area contributed by atoms with Crippen molar-refractivity contribution in [3.8, 4) is 6.07 Å². The van der Waals surface area contributed by atoms with Crippen LogP contribution < -0.4 is 11.1 Å². The van der Waals surface area contributed by atoms with E-state index >= 15 is 0 Å². The number of carbonyl (C=O) groups is 2. The summed E-state index contributed by atoms with van der Waals surface area (Å²) in [7, 11) is 0. The molecule has 1 aromatic carbocycles. The summed E-state index contributed by atoms with van der Waals surface area (Å²) in [5, 5.41) is 12.8. The van der Waals surface area contributed by atoms with Gasteiger partial charge in [0.05, 0.1) is 6.07 Å². The number of nitrogens with zero attached hydrogens (tertiary/aromatic N) is 2. The fraction of sp³-hybridized carbons (Fsp3) is 0.625. The van der Waals surface area contributed by atoms with Crippen molar-refractivity contribution in [2.75, 3.05) is 19.6 Å². The van der Waals surface area contributed by atoms with Crippen LogP contribution in [0.2, 0.25) is 0 Å². The SMILES string of the molecule is N#CC1(NC(=O)CCC2(C(N)=O)CCCCC2)CCN(CCc2ccccc2)CC1. The molecule has 0 atom stereocenters. The fourth-order valence-corrected chi connectivity index (χ4v) is 4.89. The Labute approximate surface area is 179 Å². The van der Waals surface area contributed by atoms with Gasteiger partial charge in [-0.05, 0) is 44.1 Å². The van der Waals surface area contributed by atoms with Crippen LogP contribution in [0.15, 0.2) is 30.3 Å². The van der Waals surface area contributed by atoms with Crippen LogP contribution in [-0.4, -0.2) is 41.9 Å². The smallest absolute Gasteiger partial charge is 0.223 e. The molecule has 0 unspecified atom stereocenters. The second kappa shape index (κ2) is 10.1. The number of carbonyl (C=O) groups excluding carboxylic acids is 2. The molecule has 6 nitrogen and oxygen atoms in total. The molecule has 0 bridgehead atoms. The molecule has 2 fully saturated rings. The molecule has 162 valence electrons. The summed E-state index contributed by atoms with van der Waals surface area (Å²) in [6.45, 7) is 2.55. The highest BCUT2D eigenvalue weighted by molar-refractivity contribution is 5.83. The van der Waals surface area contributed by atoms with Gasteiger partial charge in [0.1, 0.15) is 5.54 Å². The van der Waals surface area contributed by atoms with Gasteiger partial charge < -0.3 is 16.0 Å². The Kier molecular flexibility index (Phi) is 7.49. The largest absolute Gasteiger partial charge is 0.369 e. The van der Waals surface area contributed by atoms with Crippen LogP contribution in [0, 0.1) is 16.7 Å². The second-order valence-corrected chi connectivity index (χ2v) is 9.02. The van der Waals surface area contributed by atoms with Gasteiger partial charge in [0.25, 0.3) is 0 Å². The van der Waals surface area contributed by atoms with Gasteiger partial charge in [-0.2, -0.15) is 5.26 Å². The van der Waals surface area contributed by atoms with E-state index in [0.717, 1.165) is 58.2 Å². The predicted molar refractivity (Wildman–Crippen MR) is 116 cm³/mol. The number of piperidine rings is 1. The Bertz CT molecular complexity index is 757. The van der Waals surface area contributed by atoms with Crippen LogP contribution in [0.25, 0.3) is 0 Å². The van der Waals surface area contributed by atoms with Crippen LogP contribution in [-0.2, 0) is 16.0 Å². The molecule has 0 radical (unpaired) electrons. The summed E-state index contributed by atoms with van der Waals surface area (Å²) in [6.07, 6.45) is 7.64. The summed E-state index contributed by atoms with van der Waals surface area (Å²) < 4.78 is 0. The third kappa shape index (κ3) is 5.60. The minimum absolute atomic E-state index is 0.138. The first-order valence-electron chi connectivity index (χ1n) is 11.3. The van der Waals surface area contributed by atoms with Gasteiger partial charge in [0, 0.05) is 31.5 Å². The third-order valence-corrected chi connectivity index (χ3v) is 7.03. The third-order valence-electron chi connectivity index (χ3n) is 7.03. The number of nitrogens with one attached hydrogen (secondary N) is 1. The van der Waals surface area contributed by atoms with E-state index in [2.05, 4.69) is 40.6 Å². The highest BCUT2D eigenvalue weighted by atomic mass is 16.2. The molecule has 0 aromatic heterocycles. The normalized spacial score (nSPS) is 20.8. The Morgan fingerprint density at radius 1 is 1.07 bits per heavy atom. The highest BCUT2D eigenvalue weighted by Gasteiger charge is 2.40. The average molecular weight is 411 g/mol. The van der Waals surface area contributed by atoms with E-state index in [-0.39, 0.29) is 18.2 Å². The molecule has 1 saturated heterocycles. The lowest BCUT2D eigenvalue weighted by atomic mass is 9.70. The molecule has 1 aromatic rings. The molecule has 1 saturated carbocycles. The van der Waals surface area contributed by atoms with E-state index in [1.165, 1.54) is 5.56 Å². The van der Waals surface area contributed by atoms with Crippen molar-refractivity contribution in [3.05, 3.63) is 35.9 Å². The van der Waals surface area contributed by atoms with Crippen LogP contribution in [0.4, 0.5) is 0 Å². The summed E-state index contributed by atoms with van der Waals surface area (Å²) in [5.41, 5.74) is 5.65. The van der Waals surface area contributed by atoms with E-state index < -0.39 is 11.0 Å². The highest BCUT2D eigenvalue weighted by Crippen LogP contribution is 2.40. The molecule has 3 N–H and O–H groups in total. The van der Waals surface area contributed by atoms with Crippen LogP contribution >= 0.6 is 0 Å². The number of nitrogens with two attached hydrogens (primary N) is 1. The topological polar surface area (TPSA) is 99.2 Å². The van der Waals surface area contributed by atoms with Gasteiger partial charge in [0.15, 0.2) is 0 Å². The van der Waals surface area contributed by atoms with Gasteiger partial charge >= 0.3 is 0 Å². The van der Waals surface area contributed by atoms with Crippen molar-refractivity contribution in [3.63, 3.8) is 0 Å². The van der Waals surface area contributed by atoms with E-state index in [0.29, 0.717) is 19.3 Å².